The molecular weight excluding hydrogens is 342 g/mol. The van der Waals surface area contributed by atoms with Gasteiger partial charge in [0.25, 0.3) is 5.69 Å². The minimum absolute atomic E-state index is 0.00579. The molecule has 0 amide bonds. The standard InChI is InChI=1S/C10H9Br2NO3/c11-5-7-2-1-3-10(13(15)16)9(7)4-8(14)6-12/h1-3H,4-6H2. The number of nitro benzene ring substituents is 1. The number of benzene rings is 1. The normalized spacial score (nSPS) is 10.1. The van der Waals surface area contributed by atoms with Gasteiger partial charge in [-0.05, 0) is 5.56 Å². The molecule has 16 heavy (non-hydrogen) atoms. The molecule has 0 fully saturated rings. The fourth-order valence-corrected chi connectivity index (χ4v) is 2.09. The van der Waals surface area contributed by atoms with Gasteiger partial charge in [-0.1, -0.05) is 44.0 Å². The Morgan fingerprint density at radius 2 is 2.06 bits per heavy atom. The van der Waals surface area contributed by atoms with E-state index in [1.165, 1.54) is 6.07 Å². The van der Waals surface area contributed by atoms with Crippen molar-refractivity contribution in [2.24, 2.45) is 0 Å². The van der Waals surface area contributed by atoms with Crippen molar-refractivity contribution in [3.8, 4) is 0 Å². The maximum Gasteiger partial charge on any atom is 0.273 e. The summed E-state index contributed by atoms with van der Waals surface area (Å²) in [7, 11) is 0. The average Bonchev–Trinajstić information content (AvgIpc) is 2.28. The van der Waals surface area contributed by atoms with Crippen molar-refractivity contribution in [3.63, 3.8) is 0 Å². The highest BCUT2D eigenvalue weighted by Crippen LogP contribution is 2.25. The third-order valence-corrected chi connectivity index (χ3v) is 3.34. The van der Waals surface area contributed by atoms with Crippen molar-refractivity contribution in [2.45, 2.75) is 11.8 Å². The monoisotopic (exact) mass is 349 g/mol. The van der Waals surface area contributed by atoms with E-state index < -0.39 is 4.92 Å². The van der Waals surface area contributed by atoms with Crippen molar-refractivity contribution < 1.29 is 9.72 Å². The summed E-state index contributed by atoms with van der Waals surface area (Å²) in [6.45, 7) is 0. The van der Waals surface area contributed by atoms with Gasteiger partial charge in [0, 0.05) is 23.4 Å². The molecule has 0 radical (unpaired) electrons. The molecule has 86 valence electrons. The minimum atomic E-state index is -0.455. The van der Waals surface area contributed by atoms with E-state index in [0.717, 1.165) is 5.56 Å². The van der Waals surface area contributed by atoms with Crippen LogP contribution in [0.25, 0.3) is 0 Å². The third kappa shape index (κ3) is 3.12. The molecule has 0 heterocycles. The molecule has 0 aliphatic heterocycles. The average molecular weight is 351 g/mol. The van der Waals surface area contributed by atoms with E-state index in [1.807, 2.05) is 0 Å². The topological polar surface area (TPSA) is 60.2 Å². The van der Waals surface area contributed by atoms with Crippen LogP contribution in [0.5, 0.6) is 0 Å². The van der Waals surface area contributed by atoms with Crippen molar-refractivity contribution >= 4 is 43.3 Å². The molecule has 0 saturated carbocycles. The van der Waals surface area contributed by atoms with Gasteiger partial charge in [-0.15, -0.1) is 0 Å². The second kappa shape index (κ2) is 6.10. The summed E-state index contributed by atoms with van der Waals surface area (Å²) in [5, 5.41) is 11.5. The van der Waals surface area contributed by atoms with Crippen molar-refractivity contribution in [3.05, 3.63) is 39.4 Å². The molecule has 0 aliphatic carbocycles. The molecule has 1 rings (SSSR count). The zero-order chi connectivity index (χ0) is 12.1. The lowest BCUT2D eigenvalue weighted by Crippen LogP contribution is -2.08. The van der Waals surface area contributed by atoms with Crippen LogP contribution in [0.15, 0.2) is 18.2 Å². The summed E-state index contributed by atoms with van der Waals surface area (Å²) in [4.78, 5) is 21.7. The van der Waals surface area contributed by atoms with E-state index in [1.54, 1.807) is 12.1 Å². The van der Waals surface area contributed by atoms with Gasteiger partial charge >= 0.3 is 0 Å². The smallest absolute Gasteiger partial charge is 0.273 e. The molecule has 1 aromatic carbocycles. The number of alkyl halides is 2. The number of carbonyl (C=O) groups excluding carboxylic acids is 1. The van der Waals surface area contributed by atoms with Crippen LogP contribution in [0.1, 0.15) is 11.1 Å². The first-order valence-electron chi connectivity index (χ1n) is 4.49. The first-order valence-corrected chi connectivity index (χ1v) is 6.73. The zero-order valence-corrected chi connectivity index (χ0v) is 11.5. The quantitative estimate of drug-likeness (QED) is 0.466. The fraction of sp³-hybridized carbons (Fsp3) is 0.300. The second-order valence-electron chi connectivity index (χ2n) is 3.15. The van der Waals surface area contributed by atoms with Gasteiger partial charge in [-0.3, -0.25) is 14.9 Å². The maximum absolute atomic E-state index is 11.3. The molecule has 0 spiro atoms. The Morgan fingerprint density at radius 1 is 1.38 bits per heavy atom. The van der Waals surface area contributed by atoms with Crippen LogP contribution in [-0.4, -0.2) is 16.0 Å². The van der Waals surface area contributed by atoms with Gasteiger partial charge in [-0.25, -0.2) is 0 Å². The highest BCUT2D eigenvalue weighted by atomic mass is 79.9. The first kappa shape index (κ1) is 13.3. The predicted molar refractivity (Wildman–Crippen MR) is 68.2 cm³/mol. The molecule has 0 N–H and O–H groups in total. The molecule has 4 nitrogen and oxygen atoms in total. The number of hydrogen-bond acceptors (Lipinski definition) is 3. The lowest BCUT2D eigenvalue weighted by molar-refractivity contribution is -0.385. The predicted octanol–water partition coefficient (Wildman–Crippen LogP) is 3.00. The van der Waals surface area contributed by atoms with Crippen molar-refractivity contribution in [1.82, 2.24) is 0 Å². The number of nitro groups is 1. The maximum atomic E-state index is 11.3. The van der Waals surface area contributed by atoms with Gasteiger partial charge in [0.2, 0.25) is 0 Å². The number of Topliss-reactive ketones (excluding diaryl/α,β-unsaturated/α-hetero) is 1. The van der Waals surface area contributed by atoms with Crippen LogP contribution in [0.3, 0.4) is 0 Å². The van der Waals surface area contributed by atoms with Crippen molar-refractivity contribution in [2.75, 3.05) is 5.33 Å². The molecule has 0 aromatic heterocycles. The Kier molecular flexibility index (Phi) is 5.08. The van der Waals surface area contributed by atoms with Crippen LogP contribution in [0.4, 0.5) is 5.69 Å². The number of nitrogens with zero attached hydrogens (tertiary/aromatic N) is 1. The summed E-state index contributed by atoms with van der Waals surface area (Å²) < 4.78 is 0. The number of rotatable bonds is 5. The Balaban J connectivity index is 3.19. The lowest BCUT2D eigenvalue weighted by atomic mass is 10.0. The van der Waals surface area contributed by atoms with Crippen LogP contribution < -0.4 is 0 Å². The minimum Gasteiger partial charge on any atom is -0.298 e. The Hall–Kier alpha value is -0.750. The SMILES string of the molecule is O=C(CBr)Cc1c(CBr)cccc1[N+](=O)[O-]. The summed E-state index contributed by atoms with van der Waals surface area (Å²) in [6.07, 6.45) is 0.0866. The van der Waals surface area contributed by atoms with E-state index in [0.29, 0.717) is 10.9 Å². The molecular formula is C10H9Br2NO3. The largest absolute Gasteiger partial charge is 0.298 e. The summed E-state index contributed by atoms with van der Waals surface area (Å²) >= 11 is 6.31. The van der Waals surface area contributed by atoms with Crippen molar-refractivity contribution in [1.29, 1.82) is 0 Å². The highest BCUT2D eigenvalue weighted by molar-refractivity contribution is 9.09. The summed E-state index contributed by atoms with van der Waals surface area (Å²) in [5.74, 6) is -0.0727. The molecule has 1 aromatic rings. The van der Waals surface area contributed by atoms with Crippen LogP contribution >= 0.6 is 31.9 Å². The Labute approximate surface area is 109 Å². The van der Waals surface area contributed by atoms with E-state index in [4.69, 9.17) is 0 Å². The molecule has 0 aliphatic rings. The third-order valence-electron chi connectivity index (χ3n) is 2.11. The van der Waals surface area contributed by atoms with E-state index in [9.17, 15) is 14.9 Å². The summed E-state index contributed by atoms with van der Waals surface area (Å²) in [6, 6.07) is 4.82. The number of hydrogen-bond donors (Lipinski definition) is 0. The zero-order valence-electron chi connectivity index (χ0n) is 8.28. The fourth-order valence-electron chi connectivity index (χ4n) is 1.37. The summed E-state index contributed by atoms with van der Waals surface area (Å²) in [5.41, 5.74) is 1.28. The Morgan fingerprint density at radius 3 is 2.56 bits per heavy atom. The number of halogens is 2. The second-order valence-corrected chi connectivity index (χ2v) is 4.28. The molecule has 0 saturated heterocycles. The molecule has 6 heteroatoms. The van der Waals surface area contributed by atoms with Crippen LogP contribution in [-0.2, 0) is 16.5 Å². The molecule has 0 unspecified atom stereocenters. The van der Waals surface area contributed by atoms with Gasteiger partial charge in [0.1, 0.15) is 5.78 Å². The van der Waals surface area contributed by atoms with Gasteiger partial charge in [0.05, 0.1) is 10.3 Å². The van der Waals surface area contributed by atoms with E-state index >= 15 is 0 Å². The van der Waals surface area contributed by atoms with Crippen LogP contribution in [0, 0.1) is 10.1 Å². The van der Waals surface area contributed by atoms with E-state index in [2.05, 4.69) is 31.9 Å². The number of ketones is 1. The lowest BCUT2D eigenvalue weighted by Gasteiger charge is -2.06. The number of carbonyl (C=O) groups is 1. The van der Waals surface area contributed by atoms with Gasteiger partial charge in [-0.2, -0.15) is 0 Å². The highest BCUT2D eigenvalue weighted by Gasteiger charge is 2.18. The van der Waals surface area contributed by atoms with Gasteiger partial charge < -0.3 is 0 Å². The van der Waals surface area contributed by atoms with E-state index in [-0.39, 0.29) is 23.2 Å². The molecule has 0 atom stereocenters. The first-order chi connectivity index (χ1) is 7.60. The molecule has 0 bridgehead atoms. The van der Waals surface area contributed by atoms with Gasteiger partial charge in [0.15, 0.2) is 0 Å². The van der Waals surface area contributed by atoms with Crippen LogP contribution in [0.2, 0.25) is 0 Å². The Bertz CT molecular complexity index is 421.